The van der Waals surface area contributed by atoms with Crippen molar-refractivity contribution in [3.8, 4) is 0 Å². The molecule has 0 N–H and O–H groups in total. The second kappa shape index (κ2) is 6.01. The number of para-hydroxylation sites is 1. The minimum atomic E-state index is -3.67. The van der Waals surface area contributed by atoms with Crippen molar-refractivity contribution >= 4 is 26.5 Å². The van der Waals surface area contributed by atoms with Crippen molar-refractivity contribution in [2.75, 3.05) is 4.31 Å². The molecule has 5 heteroatoms. The zero-order chi connectivity index (χ0) is 16.4. The van der Waals surface area contributed by atoms with Crippen LogP contribution >= 0.6 is 0 Å². The fourth-order valence-corrected chi connectivity index (χ4v) is 4.59. The maximum Gasteiger partial charge on any atom is 0.265 e. The molecule has 118 valence electrons. The van der Waals surface area contributed by atoms with Crippen LogP contribution in [0.25, 0.3) is 10.8 Å². The number of aromatic nitrogens is 1. The van der Waals surface area contributed by atoms with Gasteiger partial charge in [-0.05, 0) is 38.1 Å². The molecule has 2 aromatic carbocycles. The van der Waals surface area contributed by atoms with E-state index in [1.54, 1.807) is 30.6 Å². The number of fused-ring (bicyclic) bond motifs is 1. The molecule has 0 aliphatic heterocycles. The predicted molar refractivity (Wildman–Crippen MR) is 93.0 cm³/mol. The third-order valence-corrected chi connectivity index (χ3v) is 5.72. The highest BCUT2D eigenvalue weighted by atomic mass is 32.2. The summed E-state index contributed by atoms with van der Waals surface area (Å²) >= 11 is 0. The lowest BCUT2D eigenvalue weighted by molar-refractivity contribution is 0.585. The summed E-state index contributed by atoms with van der Waals surface area (Å²) in [5.41, 5.74) is 0.661. The van der Waals surface area contributed by atoms with Gasteiger partial charge in [-0.2, -0.15) is 0 Å². The van der Waals surface area contributed by atoms with E-state index in [0.717, 1.165) is 5.39 Å². The highest BCUT2D eigenvalue weighted by Crippen LogP contribution is 2.30. The number of rotatable bonds is 4. The molecule has 23 heavy (non-hydrogen) atoms. The normalized spacial score (nSPS) is 11.8. The number of pyridine rings is 1. The van der Waals surface area contributed by atoms with E-state index < -0.39 is 10.0 Å². The highest BCUT2D eigenvalue weighted by Gasteiger charge is 2.28. The molecule has 0 amide bonds. The van der Waals surface area contributed by atoms with Gasteiger partial charge < -0.3 is 0 Å². The molecule has 0 unspecified atom stereocenters. The van der Waals surface area contributed by atoms with Gasteiger partial charge in [0, 0.05) is 29.2 Å². The molecule has 0 aliphatic rings. The molecule has 1 aromatic heterocycles. The summed E-state index contributed by atoms with van der Waals surface area (Å²) in [6.07, 6.45) is 3.29. The Bertz CT molecular complexity index is 917. The molecule has 1 heterocycles. The topological polar surface area (TPSA) is 50.3 Å². The molecule has 3 aromatic rings. The van der Waals surface area contributed by atoms with E-state index >= 15 is 0 Å². The second-order valence-corrected chi connectivity index (χ2v) is 7.37. The van der Waals surface area contributed by atoms with Crippen molar-refractivity contribution in [2.45, 2.75) is 24.8 Å². The molecule has 0 atom stereocenters. The Morgan fingerprint density at radius 1 is 0.957 bits per heavy atom. The molecule has 0 spiro atoms. The minimum Gasteiger partial charge on any atom is -0.264 e. The number of anilines is 1. The Kier molecular flexibility index (Phi) is 4.05. The first-order valence-electron chi connectivity index (χ1n) is 7.44. The first-order valence-corrected chi connectivity index (χ1v) is 8.88. The summed E-state index contributed by atoms with van der Waals surface area (Å²) < 4.78 is 28.0. The molecule has 0 radical (unpaired) electrons. The second-order valence-electron chi connectivity index (χ2n) is 5.58. The van der Waals surface area contributed by atoms with Crippen LogP contribution in [0.15, 0.2) is 71.9 Å². The van der Waals surface area contributed by atoms with Gasteiger partial charge in [0.05, 0.1) is 10.6 Å². The smallest absolute Gasteiger partial charge is 0.264 e. The van der Waals surface area contributed by atoms with Crippen LogP contribution in [0, 0.1) is 0 Å². The standard InChI is InChI=1S/C18H18N2O2S/c1-14(2)20(16-8-4-3-5-9-16)23(21,22)18-10-6-7-15-13-19-12-11-17(15)18/h3-14H,1-2H3. The zero-order valence-electron chi connectivity index (χ0n) is 13.0. The van der Waals surface area contributed by atoms with Crippen molar-refractivity contribution in [3.63, 3.8) is 0 Å². The van der Waals surface area contributed by atoms with E-state index in [1.165, 1.54) is 4.31 Å². The third kappa shape index (κ3) is 2.80. The van der Waals surface area contributed by atoms with Crippen molar-refractivity contribution in [1.29, 1.82) is 0 Å². The van der Waals surface area contributed by atoms with Gasteiger partial charge in [0.25, 0.3) is 10.0 Å². The maximum atomic E-state index is 13.3. The van der Waals surface area contributed by atoms with E-state index in [0.29, 0.717) is 16.0 Å². The minimum absolute atomic E-state index is 0.195. The SMILES string of the molecule is CC(C)N(c1ccccc1)S(=O)(=O)c1cccc2cnccc12. The summed E-state index contributed by atoms with van der Waals surface area (Å²) in [5, 5.41) is 1.49. The summed E-state index contributed by atoms with van der Waals surface area (Å²) in [7, 11) is -3.67. The van der Waals surface area contributed by atoms with Crippen molar-refractivity contribution in [1.82, 2.24) is 4.98 Å². The molecule has 0 bridgehead atoms. The molecular weight excluding hydrogens is 308 g/mol. The van der Waals surface area contributed by atoms with Gasteiger partial charge in [0.1, 0.15) is 0 Å². The van der Waals surface area contributed by atoms with Crippen LogP contribution in [-0.4, -0.2) is 19.4 Å². The van der Waals surface area contributed by atoms with Gasteiger partial charge >= 0.3 is 0 Å². The first-order chi connectivity index (χ1) is 11.0. The average molecular weight is 326 g/mol. The van der Waals surface area contributed by atoms with E-state index in [4.69, 9.17) is 0 Å². The van der Waals surface area contributed by atoms with Crippen LogP contribution in [0.3, 0.4) is 0 Å². The Hall–Kier alpha value is -2.40. The van der Waals surface area contributed by atoms with E-state index in [-0.39, 0.29) is 6.04 Å². The number of sulfonamides is 1. The van der Waals surface area contributed by atoms with Gasteiger partial charge in [0.2, 0.25) is 0 Å². The molecule has 4 nitrogen and oxygen atoms in total. The number of hydrogen-bond acceptors (Lipinski definition) is 3. The molecular formula is C18H18N2O2S. The summed E-state index contributed by atoms with van der Waals surface area (Å²) in [5.74, 6) is 0. The average Bonchev–Trinajstić information content (AvgIpc) is 2.54. The van der Waals surface area contributed by atoms with Gasteiger partial charge in [-0.15, -0.1) is 0 Å². The van der Waals surface area contributed by atoms with Crippen LogP contribution in [0.4, 0.5) is 5.69 Å². The van der Waals surface area contributed by atoms with Crippen molar-refractivity contribution in [2.24, 2.45) is 0 Å². The van der Waals surface area contributed by atoms with Gasteiger partial charge in [-0.25, -0.2) is 8.42 Å². The van der Waals surface area contributed by atoms with Crippen LogP contribution in [-0.2, 0) is 10.0 Å². The molecule has 0 fully saturated rings. The lowest BCUT2D eigenvalue weighted by Gasteiger charge is -2.28. The quantitative estimate of drug-likeness (QED) is 0.732. The Balaban J connectivity index is 2.23. The monoisotopic (exact) mass is 326 g/mol. The molecule has 0 aliphatic carbocycles. The Labute approximate surface area is 136 Å². The van der Waals surface area contributed by atoms with Crippen LogP contribution in [0.5, 0.6) is 0 Å². The number of hydrogen-bond donors (Lipinski definition) is 0. The number of nitrogens with zero attached hydrogens (tertiary/aromatic N) is 2. The largest absolute Gasteiger partial charge is 0.265 e. The van der Waals surface area contributed by atoms with E-state index in [9.17, 15) is 8.42 Å². The zero-order valence-corrected chi connectivity index (χ0v) is 13.9. The maximum absolute atomic E-state index is 13.3. The third-order valence-electron chi connectivity index (χ3n) is 3.66. The highest BCUT2D eigenvalue weighted by molar-refractivity contribution is 7.93. The fourth-order valence-electron chi connectivity index (χ4n) is 2.71. The number of benzene rings is 2. The fraction of sp³-hybridized carbons (Fsp3) is 0.167. The van der Waals surface area contributed by atoms with Crippen LogP contribution in [0.2, 0.25) is 0 Å². The Morgan fingerprint density at radius 2 is 1.70 bits per heavy atom. The van der Waals surface area contributed by atoms with Gasteiger partial charge in [-0.3, -0.25) is 9.29 Å². The summed E-state index contributed by atoms with van der Waals surface area (Å²) in [4.78, 5) is 4.37. The van der Waals surface area contributed by atoms with Crippen LogP contribution < -0.4 is 4.31 Å². The summed E-state index contributed by atoms with van der Waals surface area (Å²) in [6, 6.07) is 16.0. The predicted octanol–water partition coefficient (Wildman–Crippen LogP) is 3.84. The van der Waals surface area contributed by atoms with E-state index in [2.05, 4.69) is 4.98 Å². The molecule has 0 saturated heterocycles. The van der Waals surface area contributed by atoms with E-state index in [1.807, 2.05) is 50.2 Å². The molecule has 0 saturated carbocycles. The van der Waals surface area contributed by atoms with Crippen molar-refractivity contribution < 1.29 is 8.42 Å². The summed E-state index contributed by atoms with van der Waals surface area (Å²) in [6.45, 7) is 3.74. The lowest BCUT2D eigenvalue weighted by Crippen LogP contribution is -2.37. The Morgan fingerprint density at radius 3 is 2.39 bits per heavy atom. The first kappa shape index (κ1) is 15.5. The van der Waals surface area contributed by atoms with Gasteiger partial charge in [-0.1, -0.05) is 30.3 Å². The van der Waals surface area contributed by atoms with Crippen molar-refractivity contribution in [3.05, 3.63) is 67.0 Å². The van der Waals surface area contributed by atoms with Crippen LogP contribution in [0.1, 0.15) is 13.8 Å². The lowest BCUT2D eigenvalue weighted by atomic mass is 10.2. The molecule has 3 rings (SSSR count). The van der Waals surface area contributed by atoms with Gasteiger partial charge in [0.15, 0.2) is 0 Å².